The van der Waals surface area contributed by atoms with Gasteiger partial charge in [0.2, 0.25) is 0 Å². The second-order valence-corrected chi connectivity index (χ2v) is 3.19. The van der Waals surface area contributed by atoms with Crippen molar-refractivity contribution in [2.24, 2.45) is 0 Å². The van der Waals surface area contributed by atoms with Gasteiger partial charge in [-0.3, -0.25) is 9.78 Å². The second-order valence-electron chi connectivity index (χ2n) is 2.63. The molecule has 0 fully saturated rings. The van der Waals surface area contributed by atoms with Crippen molar-refractivity contribution in [3.8, 4) is 5.75 Å². The zero-order valence-electron chi connectivity index (χ0n) is 7.83. The predicted molar refractivity (Wildman–Crippen MR) is 56.1 cm³/mol. The third-order valence-corrected chi connectivity index (χ3v) is 2.23. The maximum Gasteiger partial charge on any atom is 0.355 e. The lowest BCUT2D eigenvalue weighted by atomic mass is 10.2. The Morgan fingerprint density at radius 2 is 2.14 bits per heavy atom. The minimum atomic E-state index is -0.380. The minimum absolute atomic E-state index is 0.302. The van der Waals surface area contributed by atoms with Crippen molar-refractivity contribution in [1.29, 1.82) is 0 Å². The van der Waals surface area contributed by atoms with Crippen LogP contribution in [0.15, 0.2) is 24.3 Å². The molecule has 0 atom stereocenters. The average Bonchev–Trinajstić information content (AvgIpc) is 2.26. The summed E-state index contributed by atoms with van der Waals surface area (Å²) in [6.45, 7) is 1.71. The Morgan fingerprint density at radius 3 is 2.79 bits per heavy atom. The monoisotopic (exact) mass is 258 g/mol. The van der Waals surface area contributed by atoms with Gasteiger partial charge in [-0.05, 0) is 6.07 Å². The van der Waals surface area contributed by atoms with Gasteiger partial charge in [-0.15, -0.1) is 0 Å². The third kappa shape index (κ3) is 3.03. The highest BCUT2D eigenvalue weighted by atomic mass is 79.9. The molecule has 0 radical (unpaired) electrons. The quantitative estimate of drug-likeness (QED) is 0.474. The van der Waals surface area contributed by atoms with Crippen molar-refractivity contribution in [2.45, 2.75) is 18.7 Å². The molecule has 14 heavy (non-hydrogen) atoms. The van der Waals surface area contributed by atoms with E-state index in [9.17, 15) is 4.79 Å². The molecule has 0 unspecified atom stereocenters. The van der Waals surface area contributed by atoms with Gasteiger partial charge in [0, 0.05) is 17.3 Å². The number of rotatable bonds is 4. The highest BCUT2D eigenvalue weighted by molar-refractivity contribution is 9.08. The van der Waals surface area contributed by atoms with Crippen LogP contribution < -0.4 is 4.89 Å². The first-order valence-corrected chi connectivity index (χ1v) is 5.41. The van der Waals surface area contributed by atoms with Crippen LogP contribution in [0.5, 0.6) is 5.75 Å². The molecule has 0 N–H and O–H groups in total. The summed E-state index contributed by atoms with van der Waals surface area (Å²) < 4.78 is 0. The summed E-state index contributed by atoms with van der Waals surface area (Å²) in [4.78, 5) is 20.3. The fourth-order valence-electron chi connectivity index (χ4n) is 0.846. The number of hydrogen-bond donors (Lipinski definition) is 0. The molecule has 0 aromatic heterocycles. The van der Waals surface area contributed by atoms with Gasteiger partial charge in [0.15, 0.2) is 5.75 Å². The van der Waals surface area contributed by atoms with Crippen LogP contribution in [0.4, 0.5) is 0 Å². The van der Waals surface area contributed by atoms with Gasteiger partial charge in [-0.1, -0.05) is 41.1 Å². The molecule has 1 rings (SSSR count). The van der Waals surface area contributed by atoms with E-state index in [0.29, 0.717) is 17.5 Å². The predicted octanol–water partition coefficient (Wildman–Crippen LogP) is 2.83. The molecule has 0 aliphatic carbocycles. The standard InChI is InChI=1S/C10H11BrO3/c1-2-10(12)14-13-9-6-4-3-5-8(9)7-11/h3-6H,2,7H2,1H3. The topological polar surface area (TPSA) is 35.5 Å². The maximum atomic E-state index is 10.8. The molecule has 1 aromatic rings. The van der Waals surface area contributed by atoms with Gasteiger partial charge in [0.05, 0.1) is 0 Å². The van der Waals surface area contributed by atoms with Gasteiger partial charge >= 0.3 is 5.97 Å². The Morgan fingerprint density at radius 1 is 1.43 bits per heavy atom. The first-order valence-electron chi connectivity index (χ1n) is 4.29. The number of halogens is 1. The summed E-state index contributed by atoms with van der Waals surface area (Å²) in [6.07, 6.45) is 0.302. The normalized spacial score (nSPS) is 9.57. The van der Waals surface area contributed by atoms with Crippen molar-refractivity contribution >= 4 is 21.9 Å². The molecular formula is C10H11BrO3. The number of benzene rings is 1. The van der Waals surface area contributed by atoms with Crippen LogP contribution in [0.1, 0.15) is 18.9 Å². The Labute approximate surface area is 91.1 Å². The number of para-hydroxylation sites is 1. The summed E-state index contributed by atoms with van der Waals surface area (Å²) in [7, 11) is 0. The molecule has 0 saturated carbocycles. The van der Waals surface area contributed by atoms with E-state index in [2.05, 4.69) is 20.8 Å². The molecule has 4 heteroatoms. The Kier molecular flexibility index (Phi) is 4.46. The van der Waals surface area contributed by atoms with E-state index in [0.717, 1.165) is 5.56 Å². The molecular weight excluding hydrogens is 248 g/mol. The fourth-order valence-corrected chi connectivity index (χ4v) is 1.31. The van der Waals surface area contributed by atoms with E-state index in [1.165, 1.54) is 0 Å². The molecule has 0 aliphatic heterocycles. The van der Waals surface area contributed by atoms with Crippen LogP contribution in [-0.2, 0) is 15.0 Å². The van der Waals surface area contributed by atoms with Crippen LogP contribution >= 0.6 is 15.9 Å². The lowest BCUT2D eigenvalue weighted by Gasteiger charge is -2.06. The highest BCUT2D eigenvalue weighted by Gasteiger charge is 2.05. The van der Waals surface area contributed by atoms with Crippen LogP contribution in [-0.4, -0.2) is 5.97 Å². The van der Waals surface area contributed by atoms with Crippen molar-refractivity contribution in [3.63, 3.8) is 0 Å². The van der Waals surface area contributed by atoms with Crippen LogP contribution in [0.3, 0.4) is 0 Å². The first kappa shape index (κ1) is 11.0. The Hall–Kier alpha value is -1.03. The van der Waals surface area contributed by atoms with Crippen molar-refractivity contribution < 1.29 is 14.6 Å². The van der Waals surface area contributed by atoms with Gasteiger partial charge < -0.3 is 0 Å². The van der Waals surface area contributed by atoms with Gasteiger partial charge in [0.1, 0.15) is 0 Å². The van der Waals surface area contributed by atoms with E-state index in [1.807, 2.05) is 18.2 Å². The maximum absolute atomic E-state index is 10.8. The highest BCUT2D eigenvalue weighted by Crippen LogP contribution is 2.20. The van der Waals surface area contributed by atoms with E-state index in [1.54, 1.807) is 13.0 Å². The molecule has 0 heterocycles. The Balaban J connectivity index is 2.61. The van der Waals surface area contributed by atoms with Crippen LogP contribution in [0, 0.1) is 0 Å². The molecule has 76 valence electrons. The number of carbonyl (C=O) groups is 1. The molecule has 0 spiro atoms. The second kappa shape index (κ2) is 5.65. The number of alkyl halides is 1. The lowest BCUT2D eigenvalue weighted by molar-refractivity contribution is -0.213. The van der Waals surface area contributed by atoms with E-state index < -0.39 is 0 Å². The van der Waals surface area contributed by atoms with E-state index in [-0.39, 0.29) is 5.97 Å². The molecule has 0 bridgehead atoms. The molecule has 0 aliphatic rings. The zero-order valence-corrected chi connectivity index (χ0v) is 9.41. The first-order chi connectivity index (χ1) is 6.77. The van der Waals surface area contributed by atoms with E-state index >= 15 is 0 Å². The SMILES string of the molecule is CCC(=O)OOc1ccccc1CBr. The van der Waals surface area contributed by atoms with Gasteiger partial charge in [-0.25, -0.2) is 4.79 Å². The zero-order chi connectivity index (χ0) is 10.4. The summed E-state index contributed by atoms with van der Waals surface area (Å²) >= 11 is 3.31. The van der Waals surface area contributed by atoms with Crippen LogP contribution in [0.2, 0.25) is 0 Å². The van der Waals surface area contributed by atoms with Crippen molar-refractivity contribution in [3.05, 3.63) is 29.8 Å². The lowest BCUT2D eigenvalue weighted by Crippen LogP contribution is -2.06. The number of hydrogen-bond acceptors (Lipinski definition) is 3. The van der Waals surface area contributed by atoms with Crippen molar-refractivity contribution in [2.75, 3.05) is 0 Å². The smallest absolute Gasteiger partial charge is 0.287 e. The van der Waals surface area contributed by atoms with Crippen molar-refractivity contribution in [1.82, 2.24) is 0 Å². The molecule has 1 aromatic carbocycles. The number of carbonyl (C=O) groups excluding carboxylic acids is 1. The molecule has 0 saturated heterocycles. The fraction of sp³-hybridized carbons (Fsp3) is 0.300. The minimum Gasteiger partial charge on any atom is -0.287 e. The summed E-state index contributed by atoms with van der Waals surface area (Å²) in [5.74, 6) is 0.181. The summed E-state index contributed by atoms with van der Waals surface area (Å²) in [6, 6.07) is 7.36. The summed E-state index contributed by atoms with van der Waals surface area (Å²) in [5.41, 5.74) is 0.941. The summed E-state index contributed by atoms with van der Waals surface area (Å²) in [5, 5.41) is 0.660. The Bertz CT molecular complexity index is 312. The molecule has 0 amide bonds. The van der Waals surface area contributed by atoms with Crippen LogP contribution in [0.25, 0.3) is 0 Å². The van der Waals surface area contributed by atoms with Gasteiger partial charge in [0.25, 0.3) is 0 Å². The third-order valence-electron chi connectivity index (χ3n) is 1.63. The average molecular weight is 259 g/mol. The van der Waals surface area contributed by atoms with Gasteiger partial charge in [-0.2, -0.15) is 0 Å². The molecule has 3 nitrogen and oxygen atoms in total. The largest absolute Gasteiger partial charge is 0.355 e. The van der Waals surface area contributed by atoms with E-state index in [4.69, 9.17) is 4.89 Å².